The first-order valence-corrected chi connectivity index (χ1v) is 25.1. The van der Waals surface area contributed by atoms with E-state index in [0.29, 0.717) is 5.82 Å². The summed E-state index contributed by atoms with van der Waals surface area (Å²) >= 11 is 3.74. The van der Waals surface area contributed by atoms with Crippen LogP contribution in [-0.4, -0.2) is 9.97 Å². The molecule has 0 atom stereocenters. The first kappa shape index (κ1) is 39.8. The van der Waals surface area contributed by atoms with E-state index >= 15 is 0 Å². The van der Waals surface area contributed by atoms with Crippen LogP contribution in [0.3, 0.4) is 0 Å². The molecule has 0 aliphatic heterocycles. The van der Waals surface area contributed by atoms with Crippen molar-refractivity contribution in [2.24, 2.45) is 0 Å². The summed E-state index contributed by atoms with van der Waals surface area (Å²) in [7, 11) is 0. The van der Waals surface area contributed by atoms with Crippen molar-refractivity contribution in [3.05, 3.63) is 265 Å². The summed E-state index contributed by atoms with van der Waals surface area (Å²) in [5.74, 6) is 0.689. The van der Waals surface area contributed by atoms with Gasteiger partial charge in [0, 0.05) is 57.0 Å². The van der Waals surface area contributed by atoms with Gasteiger partial charge in [0.25, 0.3) is 0 Å². The fourth-order valence-electron chi connectivity index (χ4n) is 11.1. The van der Waals surface area contributed by atoms with E-state index in [0.717, 1.165) is 39.2 Å². The summed E-state index contributed by atoms with van der Waals surface area (Å²) < 4.78 is 5.16. The van der Waals surface area contributed by atoms with Crippen LogP contribution in [0.5, 0.6) is 0 Å². The lowest BCUT2D eigenvalue weighted by atomic mass is 9.67. The molecule has 0 saturated carbocycles. The largest absolute Gasteiger partial charge is 0.228 e. The van der Waals surface area contributed by atoms with Gasteiger partial charge in [-0.25, -0.2) is 9.97 Å². The summed E-state index contributed by atoms with van der Waals surface area (Å²) in [6.07, 6.45) is 0. The number of fused-ring (bicyclic) bond motifs is 9. The smallest absolute Gasteiger partial charge is 0.160 e. The molecular weight excluding hydrogens is 873 g/mol. The first-order chi connectivity index (χ1) is 34.2. The van der Waals surface area contributed by atoms with Crippen LogP contribution in [0.4, 0.5) is 0 Å². The topological polar surface area (TPSA) is 25.8 Å². The molecule has 0 fully saturated rings. The van der Waals surface area contributed by atoms with Gasteiger partial charge in [-0.2, -0.15) is 0 Å². The molecule has 14 rings (SSSR count). The Hall–Kier alpha value is -8.28. The van der Waals surface area contributed by atoms with Crippen LogP contribution < -0.4 is 0 Å². The third-order valence-electron chi connectivity index (χ3n) is 14.2. The molecule has 13 aromatic rings. The molecule has 2 nitrogen and oxygen atoms in total. The zero-order valence-corrected chi connectivity index (χ0v) is 38.9. The third kappa shape index (κ3) is 6.30. The molecular formula is C65H40N2S2. The maximum absolute atomic E-state index is 5.49. The number of aromatic nitrogens is 2. The van der Waals surface area contributed by atoms with E-state index in [9.17, 15) is 0 Å². The van der Waals surface area contributed by atoms with Gasteiger partial charge in [-0.3, -0.25) is 0 Å². The molecule has 3 heterocycles. The average molecular weight is 913 g/mol. The Morgan fingerprint density at radius 2 is 0.754 bits per heavy atom. The Balaban J connectivity index is 1.02. The van der Waals surface area contributed by atoms with Crippen LogP contribution >= 0.6 is 22.7 Å². The van der Waals surface area contributed by atoms with Crippen molar-refractivity contribution >= 4 is 63.0 Å². The molecule has 0 N–H and O–H groups in total. The van der Waals surface area contributed by atoms with Gasteiger partial charge in [0.2, 0.25) is 0 Å². The highest BCUT2D eigenvalue weighted by Crippen LogP contribution is 2.57. The van der Waals surface area contributed by atoms with Crippen molar-refractivity contribution in [3.8, 4) is 67.3 Å². The molecule has 0 amide bonds. The molecule has 1 aliphatic rings. The molecule has 322 valence electrons. The van der Waals surface area contributed by atoms with Gasteiger partial charge in [-0.1, -0.05) is 200 Å². The van der Waals surface area contributed by atoms with E-state index in [4.69, 9.17) is 9.97 Å². The molecule has 0 saturated heterocycles. The van der Waals surface area contributed by atoms with Crippen molar-refractivity contribution < 1.29 is 0 Å². The highest BCUT2D eigenvalue weighted by atomic mass is 32.1. The third-order valence-corrected chi connectivity index (χ3v) is 16.6. The van der Waals surface area contributed by atoms with Gasteiger partial charge < -0.3 is 0 Å². The fourth-order valence-corrected chi connectivity index (χ4v) is 13.6. The van der Waals surface area contributed by atoms with Gasteiger partial charge in [-0.15, -0.1) is 22.7 Å². The van der Waals surface area contributed by atoms with Crippen molar-refractivity contribution in [1.82, 2.24) is 9.97 Å². The summed E-state index contributed by atoms with van der Waals surface area (Å²) in [6, 6.07) is 88.7. The zero-order chi connectivity index (χ0) is 45.5. The summed E-state index contributed by atoms with van der Waals surface area (Å²) in [4.78, 5) is 10.9. The van der Waals surface area contributed by atoms with Crippen LogP contribution in [0.25, 0.3) is 108 Å². The van der Waals surface area contributed by atoms with Crippen molar-refractivity contribution in [2.45, 2.75) is 5.41 Å². The number of thiophene rings is 2. The lowest BCUT2D eigenvalue weighted by molar-refractivity contribution is 0.768. The number of rotatable bonds is 7. The zero-order valence-electron chi connectivity index (χ0n) is 37.3. The molecule has 0 spiro atoms. The van der Waals surface area contributed by atoms with Gasteiger partial charge >= 0.3 is 0 Å². The SMILES string of the molecule is c1ccc(-c2nc(-c3cc(-c4cccc5c4sc4ccccc45)cc(-c4cccc5c4sc4ccccc45)c3)cc(-c3ccc4c(c3)C(c3ccccc3)(c3ccccc3)c3ccccc3-4)n2)cc1. The highest BCUT2D eigenvalue weighted by Gasteiger charge is 2.46. The van der Waals surface area contributed by atoms with E-state index in [1.807, 2.05) is 22.7 Å². The molecule has 0 radical (unpaired) electrons. The maximum atomic E-state index is 5.49. The number of hydrogen-bond acceptors (Lipinski definition) is 4. The van der Waals surface area contributed by atoms with Gasteiger partial charge in [0.05, 0.1) is 16.8 Å². The minimum absolute atomic E-state index is 0.535. The van der Waals surface area contributed by atoms with E-state index < -0.39 is 5.41 Å². The fraction of sp³-hybridized carbons (Fsp3) is 0.0154. The number of benzene rings is 10. The van der Waals surface area contributed by atoms with Gasteiger partial charge in [-0.05, 0) is 98.1 Å². The van der Waals surface area contributed by atoms with Crippen molar-refractivity contribution in [3.63, 3.8) is 0 Å². The minimum atomic E-state index is -0.535. The van der Waals surface area contributed by atoms with E-state index in [1.54, 1.807) is 0 Å². The van der Waals surface area contributed by atoms with E-state index in [2.05, 4.69) is 243 Å². The second kappa shape index (κ2) is 15.9. The van der Waals surface area contributed by atoms with Crippen LogP contribution in [0.1, 0.15) is 22.3 Å². The Morgan fingerprint density at radius 3 is 1.36 bits per heavy atom. The predicted octanol–water partition coefficient (Wildman–Crippen LogP) is 17.9. The second-order valence-corrected chi connectivity index (χ2v) is 20.1. The van der Waals surface area contributed by atoms with E-state index in [-0.39, 0.29) is 0 Å². The number of hydrogen-bond donors (Lipinski definition) is 0. The Labute approximate surface area is 408 Å². The molecule has 0 unspecified atom stereocenters. The minimum Gasteiger partial charge on any atom is -0.228 e. The van der Waals surface area contributed by atoms with Crippen LogP contribution in [0, 0.1) is 0 Å². The summed E-state index contributed by atoms with van der Waals surface area (Å²) in [6.45, 7) is 0. The van der Waals surface area contributed by atoms with Crippen LogP contribution in [-0.2, 0) is 5.41 Å². The van der Waals surface area contributed by atoms with Gasteiger partial charge in [0.1, 0.15) is 0 Å². The van der Waals surface area contributed by atoms with Gasteiger partial charge in [0.15, 0.2) is 5.82 Å². The second-order valence-electron chi connectivity index (χ2n) is 18.0. The Kier molecular flexibility index (Phi) is 9.20. The molecule has 1 aliphatic carbocycles. The molecule has 3 aromatic heterocycles. The monoisotopic (exact) mass is 912 g/mol. The molecule has 69 heavy (non-hydrogen) atoms. The predicted molar refractivity (Wildman–Crippen MR) is 292 cm³/mol. The van der Waals surface area contributed by atoms with E-state index in [1.165, 1.54) is 84.9 Å². The number of nitrogens with zero attached hydrogens (tertiary/aromatic N) is 2. The standard InChI is InChI=1S/C65H40N2S2/c1-4-18-41(19-5-1)64-66-58(42-34-35-51-50-24-10-13-31-56(50)65(57(51)39-42,46-20-6-2-7-21-46)47-22-8-3-9-23-47)40-59(67-64)45-37-43(48-27-16-29-54-52-25-11-14-32-60(52)68-62(48)54)36-44(38-45)49-28-17-30-55-53-26-12-15-33-61(53)69-63(49)55/h1-40H. The maximum Gasteiger partial charge on any atom is 0.160 e. The average Bonchev–Trinajstić information content (AvgIpc) is 4.10. The first-order valence-electron chi connectivity index (χ1n) is 23.5. The van der Waals surface area contributed by atoms with Crippen molar-refractivity contribution in [2.75, 3.05) is 0 Å². The highest BCUT2D eigenvalue weighted by molar-refractivity contribution is 7.26. The lowest BCUT2D eigenvalue weighted by Crippen LogP contribution is -2.28. The normalized spacial score (nSPS) is 12.8. The van der Waals surface area contributed by atoms with Crippen molar-refractivity contribution in [1.29, 1.82) is 0 Å². The van der Waals surface area contributed by atoms with Crippen LogP contribution in [0.2, 0.25) is 0 Å². The molecule has 4 heteroatoms. The molecule has 0 bridgehead atoms. The summed E-state index contributed by atoms with van der Waals surface area (Å²) in [5.41, 5.74) is 16.5. The quantitative estimate of drug-likeness (QED) is 0.159. The molecule has 10 aromatic carbocycles. The Morgan fingerprint density at radius 1 is 0.290 bits per heavy atom. The lowest BCUT2D eigenvalue weighted by Gasteiger charge is -2.34. The van der Waals surface area contributed by atoms with Crippen LogP contribution in [0.15, 0.2) is 243 Å². The summed E-state index contributed by atoms with van der Waals surface area (Å²) in [5, 5.41) is 5.14. The Bertz CT molecular complexity index is 3960.